The molecule has 1 saturated heterocycles. The SMILES string of the molecule is CN1CCCN(C(CCN)C(F)(F)F)CC1. The number of hydrogen-bond donors (Lipinski definition) is 1. The Labute approximate surface area is 94.4 Å². The summed E-state index contributed by atoms with van der Waals surface area (Å²) in [6, 6.07) is -1.37. The monoisotopic (exact) mass is 239 g/mol. The van der Waals surface area contributed by atoms with Crippen LogP contribution in [0.25, 0.3) is 0 Å². The fourth-order valence-electron chi connectivity index (χ4n) is 2.09. The molecule has 0 aromatic rings. The highest BCUT2D eigenvalue weighted by Crippen LogP contribution is 2.27. The molecule has 6 heteroatoms. The van der Waals surface area contributed by atoms with E-state index in [1.807, 2.05) is 7.05 Å². The normalized spacial score (nSPS) is 23.1. The van der Waals surface area contributed by atoms with Crippen molar-refractivity contribution in [1.29, 1.82) is 0 Å². The van der Waals surface area contributed by atoms with Gasteiger partial charge in [0.15, 0.2) is 0 Å². The van der Waals surface area contributed by atoms with Gasteiger partial charge >= 0.3 is 6.18 Å². The van der Waals surface area contributed by atoms with Crippen LogP contribution in [0.2, 0.25) is 0 Å². The number of nitrogens with zero attached hydrogens (tertiary/aromatic N) is 2. The van der Waals surface area contributed by atoms with Crippen LogP contribution in [-0.2, 0) is 0 Å². The molecule has 96 valence electrons. The van der Waals surface area contributed by atoms with E-state index in [4.69, 9.17) is 5.73 Å². The largest absolute Gasteiger partial charge is 0.404 e. The van der Waals surface area contributed by atoms with Crippen LogP contribution < -0.4 is 5.73 Å². The molecule has 2 N–H and O–H groups in total. The van der Waals surface area contributed by atoms with E-state index in [1.165, 1.54) is 4.90 Å². The first-order valence-electron chi connectivity index (χ1n) is 5.64. The minimum atomic E-state index is -4.16. The molecule has 0 saturated carbocycles. The van der Waals surface area contributed by atoms with Crippen molar-refractivity contribution < 1.29 is 13.2 Å². The molecule has 1 aliphatic heterocycles. The summed E-state index contributed by atoms with van der Waals surface area (Å²) in [6.45, 7) is 2.62. The van der Waals surface area contributed by atoms with E-state index in [-0.39, 0.29) is 13.0 Å². The Morgan fingerprint density at radius 2 is 1.88 bits per heavy atom. The van der Waals surface area contributed by atoms with Crippen molar-refractivity contribution in [3.8, 4) is 0 Å². The Hall–Kier alpha value is -0.330. The number of alkyl halides is 3. The van der Waals surface area contributed by atoms with Crippen LogP contribution in [-0.4, -0.2) is 61.8 Å². The molecular formula is C10H20F3N3. The van der Waals surface area contributed by atoms with Crippen molar-refractivity contribution in [3.05, 3.63) is 0 Å². The van der Waals surface area contributed by atoms with Gasteiger partial charge in [0.2, 0.25) is 0 Å². The molecule has 1 heterocycles. The Morgan fingerprint density at radius 1 is 1.19 bits per heavy atom. The fourth-order valence-corrected chi connectivity index (χ4v) is 2.09. The number of nitrogens with two attached hydrogens (primary N) is 1. The van der Waals surface area contributed by atoms with Gasteiger partial charge in [0, 0.05) is 19.6 Å². The highest BCUT2D eigenvalue weighted by atomic mass is 19.4. The van der Waals surface area contributed by atoms with Crippen molar-refractivity contribution in [1.82, 2.24) is 9.80 Å². The minimum Gasteiger partial charge on any atom is -0.330 e. The first-order valence-corrected chi connectivity index (χ1v) is 5.64. The van der Waals surface area contributed by atoms with Crippen LogP contribution in [0.15, 0.2) is 0 Å². The molecule has 0 spiro atoms. The summed E-state index contributed by atoms with van der Waals surface area (Å²) in [6.07, 6.45) is -3.39. The van der Waals surface area contributed by atoms with Gasteiger partial charge < -0.3 is 10.6 Å². The molecule has 0 amide bonds. The van der Waals surface area contributed by atoms with Gasteiger partial charge in [-0.15, -0.1) is 0 Å². The topological polar surface area (TPSA) is 32.5 Å². The van der Waals surface area contributed by atoms with Crippen molar-refractivity contribution in [2.24, 2.45) is 5.73 Å². The molecule has 3 nitrogen and oxygen atoms in total. The lowest BCUT2D eigenvalue weighted by molar-refractivity contribution is -0.184. The third-order valence-corrected chi connectivity index (χ3v) is 3.01. The third kappa shape index (κ3) is 3.92. The third-order valence-electron chi connectivity index (χ3n) is 3.01. The molecule has 0 aliphatic carbocycles. The molecule has 0 aromatic carbocycles. The van der Waals surface area contributed by atoms with Crippen LogP contribution in [0.5, 0.6) is 0 Å². The molecule has 0 bridgehead atoms. The van der Waals surface area contributed by atoms with Gasteiger partial charge in [-0.2, -0.15) is 13.2 Å². The van der Waals surface area contributed by atoms with E-state index in [2.05, 4.69) is 4.90 Å². The summed E-state index contributed by atoms with van der Waals surface area (Å²) >= 11 is 0. The van der Waals surface area contributed by atoms with Crippen LogP contribution >= 0.6 is 0 Å². The highest BCUT2D eigenvalue weighted by Gasteiger charge is 2.42. The van der Waals surface area contributed by atoms with E-state index < -0.39 is 12.2 Å². The molecule has 16 heavy (non-hydrogen) atoms. The van der Waals surface area contributed by atoms with E-state index in [0.717, 1.165) is 13.0 Å². The van der Waals surface area contributed by atoms with Gasteiger partial charge in [-0.25, -0.2) is 0 Å². The number of halogens is 3. The zero-order valence-corrected chi connectivity index (χ0v) is 9.63. The summed E-state index contributed by atoms with van der Waals surface area (Å²) < 4.78 is 38.4. The standard InChI is InChI=1S/C10H20F3N3/c1-15-5-2-6-16(8-7-15)9(3-4-14)10(11,12)13/h9H,2-8,14H2,1H3. The summed E-state index contributed by atoms with van der Waals surface area (Å²) in [4.78, 5) is 3.59. The summed E-state index contributed by atoms with van der Waals surface area (Å²) in [5, 5.41) is 0. The van der Waals surface area contributed by atoms with Gasteiger partial charge in [0.25, 0.3) is 0 Å². The number of rotatable bonds is 3. The van der Waals surface area contributed by atoms with E-state index in [1.54, 1.807) is 0 Å². The maximum Gasteiger partial charge on any atom is 0.404 e. The lowest BCUT2D eigenvalue weighted by atomic mass is 10.1. The van der Waals surface area contributed by atoms with Gasteiger partial charge in [-0.1, -0.05) is 0 Å². The van der Waals surface area contributed by atoms with Crippen LogP contribution in [0.1, 0.15) is 12.8 Å². The molecule has 1 aliphatic rings. The summed E-state index contributed by atoms with van der Waals surface area (Å²) in [5.41, 5.74) is 5.26. The molecule has 0 aromatic heterocycles. The van der Waals surface area contributed by atoms with Crippen LogP contribution in [0, 0.1) is 0 Å². The van der Waals surface area contributed by atoms with Crippen LogP contribution in [0.4, 0.5) is 13.2 Å². The molecule has 1 atom stereocenters. The van der Waals surface area contributed by atoms with Crippen molar-refractivity contribution >= 4 is 0 Å². The first-order chi connectivity index (χ1) is 7.45. The van der Waals surface area contributed by atoms with E-state index >= 15 is 0 Å². The van der Waals surface area contributed by atoms with E-state index in [0.29, 0.717) is 19.6 Å². The van der Waals surface area contributed by atoms with Gasteiger partial charge in [-0.05, 0) is 33.0 Å². The zero-order chi connectivity index (χ0) is 12.2. The Balaban J connectivity index is 2.62. The van der Waals surface area contributed by atoms with E-state index in [9.17, 15) is 13.2 Å². The highest BCUT2D eigenvalue weighted by molar-refractivity contribution is 4.81. The predicted octanol–water partition coefficient (Wildman–Crippen LogP) is 0.904. The average molecular weight is 239 g/mol. The maximum absolute atomic E-state index is 12.8. The molecule has 1 fully saturated rings. The van der Waals surface area contributed by atoms with Crippen molar-refractivity contribution in [2.75, 3.05) is 39.8 Å². The first kappa shape index (κ1) is 13.7. The fraction of sp³-hybridized carbons (Fsp3) is 1.00. The zero-order valence-electron chi connectivity index (χ0n) is 9.63. The Bertz CT molecular complexity index is 208. The second kappa shape index (κ2) is 5.84. The average Bonchev–Trinajstić information content (AvgIpc) is 2.38. The molecule has 1 unspecified atom stereocenters. The Kier molecular flexibility index (Phi) is 5.01. The molecular weight excluding hydrogens is 219 g/mol. The van der Waals surface area contributed by atoms with Crippen molar-refractivity contribution in [3.63, 3.8) is 0 Å². The van der Waals surface area contributed by atoms with Gasteiger partial charge in [0.05, 0.1) is 0 Å². The molecule has 1 rings (SSSR count). The maximum atomic E-state index is 12.8. The summed E-state index contributed by atoms with van der Waals surface area (Å²) in [7, 11) is 1.94. The lowest BCUT2D eigenvalue weighted by Gasteiger charge is -2.31. The van der Waals surface area contributed by atoms with Crippen molar-refractivity contribution in [2.45, 2.75) is 25.1 Å². The smallest absolute Gasteiger partial charge is 0.330 e. The second-order valence-electron chi connectivity index (χ2n) is 4.33. The minimum absolute atomic E-state index is 0.00673. The number of hydrogen-bond acceptors (Lipinski definition) is 3. The molecule has 0 radical (unpaired) electrons. The summed E-state index contributed by atoms with van der Waals surface area (Å²) in [5.74, 6) is 0. The second-order valence-corrected chi connectivity index (χ2v) is 4.33. The van der Waals surface area contributed by atoms with Crippen LogP contribution in [0.3, 0.4) is 0 Å². The quantitative estimate of drug-likeness (QED) is 0.794. The Morgan fingerprint density at radius 3 is 2.44 bits per heavy atom. The van der Waals surface area contributed by atoms with Gasteiger partial charge in [-0.3, -0.25) is 4.90 Å². The number of likely N-dealkylation sites (N-methyl/N-ethyl adjacent to an activating group) is 1. The van der Waals surface area contributed by atoms with Gasteiger partial charge in [0.1, 0.15) is 6.04 Å². The predicted molar refractivity (Wildman–Crippen MR) is 57.2 cm³/mol. The lowest BCUT2D eigenvalue weighted by Crippen LogP contribution is -2.48.